The van der Waals surface area contributed by atoms with Gasteiger partial charge in [-0.25, -0.2) is 8.42 Å². The van der Waals surface area contributed by atoms with Crippen LogP contribution in [0.3, 0.4) is 0 Å². The highest BCUT2D eigenvalue weighted by molar-refractivity contribution is 7.89. The number of sulfonamides is 1. The molecule has 0 saturated heterocycles. The number of carbonyl (C=O) groups excluding carboxylic acids is 1. The van der Waals surface area contributed by atoms with Crippen LogP contribution in [0.25, 0.3) is 0 Å². The fourth-order valence-electron chi connectivity index (χ4n) is 2.35. The molecule has 0 atom stereocenters. The van der Waals surface area contributed by atoms with Crippen LogP contribution in [0.2, 0.25) is 10.0 Å². The van der Waals surface area contributed by atoms with E-state index in [1.54, 1.807) is 24.3 Å². The maximum Gasteiger partial charge on any atom is 0.243 e. The number of rotatable bonds is 7. The zero-order chi connectivity index (χ0) is 19.3. The maximum absolute atomic E-state index is 13.0. The molecule has 8 heteroatoms. The molecule has 0 aromatic heterocycles. The second-order valence-corrected chi connectivity index (χ2v) is 8.89. The Balaban J connectivity index is 2.35. The summed E-state index contributed by atoms with van der Waals surface area (Å²) >= 11 is 11.8. The van der Waals surface area contributed by atoms with E-state index in [4.69, 9.17) is 23.2 Å². The fraction of sp³-hybridized carbons (Fsp3) is 0.278. The van der Waals surface area contributed by atoms with Gasteiger partial charge in [0.05, 0.1) is 11.4 Å². The molecule has 0 spiro atoms. The van der Waals surface area contributed by atoms with Crippen molar-refractivity contribution in [1.29, 1.82) is 0 Å². The van der Waals surface area contributed by atoms with E-state index in [1.165, 1.54) is 24.3 Å². The van der Waals surface area contributed by atoms with Crippen LogP contribution in [0.4, 0.5) is 0 Å². The van der Waals surface area contributed by atoms with Crippen molar-refractivity contribution in [3.05, 3.63) is 64.1 Å². The largest absolute Gasteiger partial charge is 0.353 e. The van der Waals surface area contributed by atoms with Crippen molar-refractivity contribution in [2.24, 2.45) is 0 Å². The molecule has 0 aliphatic rings. The van der Waals surface area contributed by atoms with Gasteiger partial charge in [0.2, 0.25) is 15.9 Å². The lowest BCUT2D eigenvalue weighted by Gasteiger charge is -2.22. The summed E-state index contributed by atoms with van der Waals surface area (Å²) in [6.45, 7) is 3.35. The number of nitrogens with one attached hydrogen (secondary N) is 1. The number of halogens is 2. The molecule has 140 valence electrons. The highest BCUT2D eigenvalue weighted by Gasteiger charge is 2.27. The monoisotopic (exact) mass is 414 g/mol. The SMILES string of the molecule is CC(C)NC(=O)CN(Cc1cccc(Cl)c1)S(=O)(=O)c1ccc(Cl)cc1. The minimum absolute atomic E-state index is 0.0248. The van der Waals surface area contributed by atoms with E-state index < -0.39 is 10.0 Å². The van der Waals surface area contributed by atoms with E-state index in [0.29, 0.717) is 15.6 Å². The van der Waals surface area contributed by atoms with Gasteiger partial charge in [-0.3, -0.25) is 4.79 Å². The van der Waals surface area contributed by atoms with Crippen LogP contribution in [0.5, 0.6) is 0 Å². The highest BCUT2D eigenvalue weighted by atomic mass is 35.5. The minimum atomic E-state index is -3.89. The molecule has 0 radical (unpaired) electrons. The average molecular weight is 415 g/mol. The van der Waals surface area contributed by atoms with E-state index >= 15 is 0 Å². The van der Waals surface area contributed by atoms with Gasteiger partial charge in [0.15, 0.2) is 0 Å². The summed E-state index contributed by atoms with van der Waals surface area (Å²) in [5.74, 6) is -0.375. The third-order valence-electron chi connectivity index (χ3n) is 3.47. The van der Waals surface area contributed by atoms with E-state index in [-0.39, 0.29) is 29.9 Å². The Morgan fingerprint density at radius 3 is 2.31 bits per heavy atom. The molecule has 0 bridgehead atoms. The molecule has 2 rings (SSSR count). The van der Waals surface area contributed by atoms with Crippen LogP contribution in [0.15, 0.2) is 53.4 Å². The molecule has 5 nitrogen and oxygen atoms in total. The van der Waals surface area contributed by atoms with Crippen molar-refractivity contribution >= 4 is 39.1 Å². The predicted molar refractivity (Wildman–Crippen MR) is 104 cm³/mol. The van der Waals surface area contributed by atoms with Crippen LogP contribution in [0.1, 0.15) is 19.4 Å². The highest BCUT2D eigenvalue weighted by Crippen LogP contribution is 2.21. The summed E-state index contributed by atoms with van der Waals surface area (Å²) in [4.78, 5) is 12.3. The van der Waals surface area contributed by atoms with E-state index in [2.05, 4.69) is 5.32 Å². The van der Waals surface area contributed by atoms with Gasteiger partial charge in [0.25, 0.3) is 0 Å². The Kier molecular flexibility index (Phi) is 7.06. The zero-order valence-corrected chi connectivity index (χ0v) is 16.8. The molecule has 1 amide bonds. The standard InChI is InChI=1S/C18H20Cl2N2O3S/c1-13(2)21-18(23)12-22(11-14-4-3-5-16(20)10-14)26(24,25)17-8-6-15(19)7-9-17/h3-10,13H,11-12H2,1-2H3,(H,21,23). The van der Waals surface area contributed by atoms with Crippen LogP contribution in [-0.2, 0) is 21.4 Å². The first-order chi connectivity index (χ1) is 12.2. The summed E-state index contributed by atoms with van der Waals surface area (Å²) in [6.07, 6.45) is 0. The Bertz CT molecular complexity index is 868. The van der Waals surface area contributed by atoms with Gasteiger partial charge >= 0.3 is 0 Å². The molecule has 0 heterocycles. The van der Waals surface area contributed by atoms with Crippen LogP contribution in [-0.4, -0.2) is 31.2 Å². The number of benzene rings is 2. The van der Waals surface area contributed by atoms with E-state index in [0.717, 1.165) is 4.31 Å². The second kappa shape index (κ2) is 8.86. The number of nitrogens with zero attached hydrogens (tertiary/aromatic N) is 1. The van der Waals surface area contributed by atoms with Crippen molar-refractivity contribution in [2.75, 3.05) is 6.54 Å². The van der Waals surface area contributed by atoms with Crippen molar-refractivity contribution in [3.63, 3.8) is 0 Å². The normalized spacial score (nSPS) is 11.8. The van der Waals surface area contributed by atoms with E-state index in [9.17, 15) is 13.2 Å². The second-order valence-electron chi connectivity index (χ2n) is 6.08. The number of carbonyl (C=O) groups is 1. The molecule has 0 fully saturated rings. The fourth-order valence-corrected chi connectivity index (χ4v) is 4.07. The van der Waals surface area contributed by atoms with Crippen LogP contribution in [0, 0.1) is 0 Å². The maximum atomic E-state index is 13.0. The summed E-state index contributed by atoms with van der Waals surface area (Å²) in [6, 6.07) is 12.6. The third-order valence-corrected chi connectivity index (χ3v) is 5.76. The lowest BCUT2D eigenvalue weighted by molar-refractivity contribution is -0.121. The van der Waals surface area contributed by atoms with Crippen LogP contribution >= 0.6 is 23.2 Å². The van der Waals surface area contributed by atoms with Gasteiger partial charge in [-0.05, 0) is 55.8 Å². The molecule has 1 N–H and O–H groups in total. The Hall–Kier alpha value is -1.60. The molecular formula is C18H20Cl2N2O3S. The molecule has 26 heavy (non-hydrogen) atoms. The van der Waals surface area contributed by atoms with Crippen molar-refractivity contribution < 1.29 is 13.2 Å². The first kappa shape index (κ1) is 20.7. The Labute approximate surface area is 164 Å². The molecule has 2 aromatic rings. The zero-order valence-electron chi connectivity index (χ0n) is 14.4. The van der Waals surface area contributed by atoms with Crippen molar-refractivity contribution in [2.45, 2.75) is 31.3 Å². The summed E-state index contributed by atoms with van der Waals surface area (Å²) < 4.78 is 27.2. The molecule has 0 aliphatic heterocycles. The number of hydrogen-bond donors (Lipinski definition) is 1. The minimum Gasteiger partial charge on any atom is -0.353 e. The summed E-state index contributed by atoms with van der Waals surface area (Å²) in [5.41, 5.74) is 0.687. The first-order valence-electron chi connectivity index (χ1n) is 7.98. The quantitative estimate of drug-likeness (QED) is 0.750. The molecule has 2 aromatic carbocycles. The Morgan fingerprint density at radius 1 is 1.08 bits per heavy atom. The van der Waals surface area contributed by atoms with Gasteiger partial charge < -0.3 is 5.32 Å². The van der Waals surface area contributed by atoms with Crippen molar-refractivity contribution in [3.8, 4) is 0 Å². The van der Waals surface area contributed by atoms with Gasteiger partial charge in [0, 0.05) is 22.6 Å². The summed E-state index contributed by atoms with van der Waals surface area (Å²) in [7, 11) is -3.89. The molecule has 0 unspecified atom stereocenters. The van der Waals surface area contributed by atoms with Gasteiger partial charge in [-0.1, -0.05) is 35.3 Å². The molecular weight excluding hydrogens is 395 g/mol. The first-order valence-corrected chi connectivity index (χ1v) is 10.2. The average Bonchev–Trinajstić information content (AvgIpc) is 2.54. The number of hydrogen-bond acceptors (Lipinski definition) is 3. The Morgan fingerprint density at radius 2 is 1.73 bits per heavy atom. The summed E-state index contributed by atoms with van der Waals surface area (Å²) in [5, 5.41) is 3.64. The van der Waals surface area contributed by atoms with Crippen molar-refractivity contribution in [1.82, 2.24) is 9.62 Å². The molecule has 0 saturated carbocycles. The smallest absolute Gasteiger partial charge is 0.243 e. The third kappa shape index (κ3) is 5.71. The lowest BCUT2D eigenvalue weighted by Crippen LogP contribution is -2.42. The number of amides is 1. The molecule has 0 aliphatic carbocycles. The van der Waals surface area contributed by atoms with Gasteiger partial charge in [-0.15, -0.1) is 0 Å². The lowest BCUT2D eigenvalue weighted by atomic mass is 10.2. The van der Waals surface area contributed by atoms with E-state index in [1.807, 2.05) is 13.8 Å². The topological polar surface area (TPSA) is 66.5 Å². The predicted octanol–water partition coefficient (Wildman–Crippen LogP) is 3.71. The van der Waals surface area contributed by atoms with Crippen LogP contribution < -0.4 is 5.32 Å². The van der Waals surface area contributed by atoms with Gasteiger partial charge in [0.1, 0.15) is 0 Å². The van der Waals surface area contributed by atoms with Gasteiger partial charge in [-0.2, -0.15) is 4.31 Å².